The van der Waals surface area contributed by atoms with Gasteiger partial charge in [0.25, 0.3) is 0 Å². The molecule has 0 aliphatic heterocycles. The number of ether oxygens (including phenoxy) is 1. The molecule has 0 bridgehead atoms. The van der Waals surface area contributed by atoms with Crippen LogP contribution in [0, 0.1) is 6.92 Å². The van der Waals surface area contributed by atoms with E-state index in [0.717, 1.165) is 12.8 Å². The van der Waals surface area contributed by atoms with Crippen LogP contribution in [0.1, 0.15) is 17.8 Å². The van der Waals surface area contributed by atoms with Crippen molar-refractivity contribution in [3.63, 3.8) is 0 Å². The zero-order chi connectivity index (χ0) is 11.4. The molecule has 0 aliphatic rings. The van der Waals surface area contributed by atoms with E-state index in [0.29, 0.717) is 12.4 Å². The molecule has 2 aromatic rings. The van der Waals surface area contributed by atoms with Gasteiger partial charge < -0.3 is 4.74 Å². The van der Waals surface area contributed by atoms with Crippen LogP contribution in [-0.2, 0) is 13.5 Å². The molecule has 86 valence electrons. The van der Waals surface area contributed by atoms with Gasteiger partial charge in [-0.3, -0.25) is 9.20 Å². The van der Waals surface area contributed by atoms with Gasteiger partial charge in [0.15, 0.2) is 5.82 Å². The zero-order valence-corrected chi connectivity index (χ0v) is 9.38. The van der Waals surface area contributed by atoms with E-state index in [1.165, 1.54) is 5.56 Å². The summed E-state index contributed by atoms with van der Waals surface area (Å²) in [6, 6.07) is 0. The van der Waals surface area contributed by atoms with Crippen molar-refractivity contribution in [1.82, 2.24) is 19.9 Å². The molecule has 0 aromatic carbocycles. The fraction of sp³-hybridized carbons (Fsp3) is 0.500. The lowest BCUT2D eigenvalue weighted by Gasteiger charge is -1.98. The molecule has 16 heavy (non-hydrogen) atoms. The summed E-state index contributed by atoms with van der Waals surface area (Å²) in [5.74, 6) is 0.585. The number of hydrogen-bond donors (Lipinski definition) is 0. The molecule has 0 aliphatic carbocycles. The normalized spacial score (nSPS) is 10.6. The van der Waals surface area contributed by atoms with Gasteiger partial charge in [-0.15, -0.1) is 0 Å². The third kappa shape index (κ3) is 2.82. The topological polar surface area (TPSA) is 66.0 Å². The van der Waals surface area contributed by atoms with Crippen molar-refractivity contribution in [3.05, 3.63) is 23.8 Å². The first-order chi connectivity index (χ1) is 7.74. The Hall–Kier alpha value is -1.85. The predicted molar refractivity (Wildman–Crippen MR) is 56.1 cm³/mol. The van der Waals surface area contributed by atoms with Crippen LogP contribution in [0.4, 0.5) is 0 Å². The van der Waals surface area contributed by atoms with E-state index in [9.17, 15) is 0 Å². The highest BCUT2D eigenvalue weighted by atomic mass is 16.6. The first-order valence-corrected chi connectivity index (χ1v) is 5.14. The van der Waals surface area contributed by atoms with Gasteiger partial charge in [0.1, 0.15) is 0 Å². The van der Waals surface area contributed by atoms with Gasteiger partial charge >= 0.3 is 6.08 Å². The molecule has 2 rings (SSSR count). The lowest BCUT2D eigenvalue weighted by atomic mass is 10.2. The summed E-state index contributed by atoms with van der Waals surface area (Å²) in [7, 11) is 1.90. The third-order valence-corrected chi connectivity index (χ3v) is 2.10. The summed E-state index contributed by atoms with van der Waals surface area (Å²) in [5, 5.41) is 7.72. The number of rotatable bonds is 5. The minimum atomic E-state index is 0.240. The summed E-state index contributed by atoms with van der Waals surface area (Å²) < 4.78 is 11.9. The van der Waals surface area contributed by atoms with Crippen molar-refractivity contribution in [2.75, 3.05) is 6.61 Å². The predicted octanol–water partition coefficient (Wildman–Crippen LogP) is 1.12. The summed E-state index contributed by atoms with van der Waals surface area (Å²) in [6.07, 6.45) is 5.92. The molecule has 2 heterocycles. The molecule has 2 aromatic heterocycles. The lowest BCUT2D eigenvalue weighted by molar-refractivity contribution is 0.202. The molecule has 0 N–H and O–H groups in total. The molecule has 0 saturated heterocycles. The Morgan fingerprint density at radius 3 is 3.00 bits per heavy atom. The average Bonchev–Trinajstić information content (AvgIpc) is 2.83. The van der Waals surface area contributed by atoms with Crippen LogP contribution in [0.2, 0.25) is 0 Å². The van der Waals surface area contributed by atoms with E-state index in [2.05, 4.69) is 15.2 Å². The summed E-state index contributed by atoms with van der Waals surface area (Å²) in [4.78, 5) is 3.94. The highest BCUT2D eigenvalue weighted by molar-refractivity contribution is 5.03. The van der Waals surface area contributed by atoms with E-state index in [1.54, 1.807) is 11.6 Å². The quantitative estimate of drug-likeness (QED) is 0.709. The highest BCUT2D eigenvalue weighted by Crippen LogP contribution is 2.07. The van der Waals surface area contributed by atoms with Crippen LogP contribution in [0.25, 0.3) is 0 Å². The molecular weight excluding hydrogens is 208 g/mol. The Kier molecular flexibility index (Phi) is 3.19. The van der Waals surface area contributed by atoms with Crippen molar-refractivity contribution in [2.45, 2.75) is 19.8 Å². The van der Waals surface area contributed by atoms with Gasteiger partial charge in [0.2, 0.25) is 0 Å². The monoisotopic (exact) mass is 222 g/mol. The number of nitrogens with zero attached hydrogens (tertiary/aromatic N) is 4. The van der Waals surface area contributed by atoms with Crippen LogP contribution in [0.15, 0.2) is 16.9 Å². The molecule has 0 saturated carbocycles. The van der Waals surface area contributed by atoms with Crippen LogP contribution in [0.3, 0.4) is 0 Å². The second kappa shape index (κ2) is 4.78. The molecule has 0 atom stereocenters. The van der Waals surface area contributed by atoms with E-state index in [4.69, 9.17) is 9.26 Å². The first-order valence-electron chi connectivity index (χ1n) is 5.14. The van der Waals surface area contributed by atoms with E-state index >= 15 is 0 Å². The summed E-state index contributed by atoms with van der Waals surface area (Å²) in [5.41, 5.74) is 1.20. The zero-order valence-electron chi connectivity index (χ0n) is 9.38. The lowest BCUT2D eigenvalue weighted by Crippen LogP contribution is -1.99. The van der Waals surface area contributed by atoms with E-state index in [-0.39, 0.29) is 6.08 Å². The van der Waals surface area contributed by atoms with Gasteiger partial charge in [-0.05, 0) is 25.3 Å². The standard InChI is InChI=1S/C10H14N4O2/c1-8-12-10(16-13-8)15-5-3-4-9-6-11-14(2)7-9/h6-7H,3-5H2,1-2H3. The molecule has 6 heteroatoms. The van der Waals surface area contributed by atoms with Crippen molar-refractivity contribution >= 4 is 0 Å². The van der Waals surface area contributed by atoms with Crippen molar-refractivity contribution in [3.8, 4) is 6.08 Å². The third-order valence-electron chi connectivity index (χ3n) is 2.10. The molecule has 6 nitrogen and oxygen atoms in total. The number of aromatic nitrogens is 4. The number of hydrogen-bond acceptors (Lipinski definition) is 5. The molecule has 0 fully saturated rings. The fourth-order valence-electron chi connectivity index (χ4n) is 1.37. The maximum absolute atomic E-state index is 5.29. The largest absolute Gasteiger partial charge is 0.449 e. The Bertz CT molecular complexity index is 407. The van der Waals surface area contributed by atoms with Gasteiger partial charge in [-0.25, -0.2) is 0 Å². The van der Waals surface area contributed by atoms with Gasteiger partial charge in [0, 0.05) is 13.2 Å². The van der Waals surface area contributed by atoms with Gasteiger partial charge in [-0.2, -0.15) is 10.1 Å². The molecular formula is C10H14N4O2. The number of aryl methyl sites for hydroxylation is 3. The smallest absolute Gasteiger partial charge is 0.417 e. The van der Waals surface area contributed by atoms with Crippen molar-refractivity contribution in [2.24, 2.45) is 7.05 Å². The molecule has 0 amide bonds. The Balaban J connectivity index is 1.69. The maximum atomic E-state index is 5.29. The minimum Gasteiger partial charge on any atom is -0.449 e. The van der Waals surface area contributed by atoms with Crippen molar-refractivity contribution < 1.29 is 9.26 Å². The molecule has 0 radical (unpaired) electrons. The van der Waals surface area contributed by atoms with Crippen LogP contribution in [-0.4, -0.2) is 26.5 Å². The average molecular weight is 222 g/mol. The Morgan fingerprint density at radius 1 is 1.50 bits per heavy atom. The van der Waals surface area contributed by atoms with Gasteiger partial charge in [-0.1, -0.05) is 5.16 Å². The molecule has 0 unspecified atom stereocenters. The van der Waals surface area contributed by atoms with E-state index in [1.807, 2.05) is 19.4 Å². The van der Waals surface area contributed by atoms with Crippen LogP contribution < -0.4 is 4.74 Å². The Labute approximate surface area is 93.2 Å². The van der Waals surface area contributed by atoms with Gasteiger partial charge in [0.05, 0.1) is 12.8 Å². The summed E-state index contributed by atoms with van der Waals surface area (Å²) in [6.45, 7) is 2.32. The van der Waals surface area contributed by atoms with Crippen molar-refractivity contribution in [1.29, 1.82) is 0 Å². The van der Waals surface area contributed by atoms with Crippen LogP contribution >= 0.6 is 0 Å². The minimum absolute atomic E-state index is 0.240. The highest BCUT2D eigenvalue weighted by Gasteiger charge is 2.03. The second-order valence-electron chi connectivity index (χ2n) is 3.58. The summed E-state index contributed by atoms with van der Waals surface area (Å²) >= 11 is 0. The fourth-order valence-corrected chi connectivity index (χ4v) is 1.37. The maximum Gasteiger partial charge on any atom is 0.417 e. The van der Waals surface area contributed by atoms with Crippen LogP contribution in [0.5, 0.6) is 6.08 Å². The molecule has 0 spiro atoms. The SMILES string of the molecule is Cc1noc(OCCCc2cnn(C)c2)n1. The Morgan fingerprint density at radius 2 is 2.38 bits per heavy atom. The van der Waals surface area contributed by atoms with E-state index < -0.39 is 0 Å². The second-order valence-corrected chi connectivity index (χ2v) is 3.58. The first kappa shape index (κ1) is 10.7.